The molecule has 2 heterocycles. The molecule has 0 atom stereocenters. The molecule has 0 fully saturated rings. The minimum Gasteiger partial charge on any atom is -0.397 e. The summed E-state index contributed by atoms with van der Waals surface area (Å²) in [6.07, 6.45) is 1.71. The molecule has 2 aromatic rings. The van der Waals surface area contributed by atoms with Gasteiger partial charge in [0.25, 0.3) is 0 Å². The van der Waals surface area contributed by atoms with Crippen LogP contribution in [0.2, 0.25) is 0 Å². The fraction of sp³-hybridized carbons (Fsp3) is 0.250. The molecule has 2 N–H and O–H groups in total. The Hall–Kier alpha value is -1.14. The molecule has 0 aliphatic carbocycles. The SMILES string of the molecule is COCc1nc2c(Br)cc(N)cn2n1. The van der Waals surface area contributed by atoms with E-state index in [0.29, 0.717) is 18.1 Å². The molecule has 0 bridgehead atoms. The van der Waals surface area contributed by atoms with Gasteiger partial charge >= 0.3 is 0 Å². The van der Waals surface area contributed by atoms with Gasteiger partial charge in [0.1, 0.15) is 6.61 Å². The zero-order valence-electron chi connectivity index (χ0n) is 7.57. The van der Waals surface area contributed by atoms with E-state index >= 15 is 0 Å². The van der Waals surface area contributed by atoms with Crippen LogP contribution in [0, 0.1) is 0 Å². The summed E-state index contributed by atoms with van der Waals surface area (Å²) in [5.74, 6) is 0.638. The van der Waals surface area contributed by atoms with Crippen LogP contribution in [0.3, 0.4) is 0 Å². The van der Waals surface area contributed by atoms with E-state index in [2.05, 4.69) is 26.0 Å². The van der Waals surface area contributed by atoms with Gasteiger partial charge in [0, 0.05) is 7.11 Å². The van der Waals surface area contributed by atoms with E-state index in [0.717, 1.165) is 10.1 Å². The third-order valence-electron chi connectivity index (χ3n) is 1.73. The van der Waals surface area contributed by atoms with Gasteiger partial charge in [-0.15, -0.1) is 5.10 Å². The number of halogens is 1. The van der Waals surface area contributed by atoms with Crippen molar-refractivity contribution in [2.75, 3.05) is 12.8 Å². The summed E-state index contributed by atoms with van der Waals surface area (Å²) in [5, 5.41) is 4.19. The van der Waals surface area contributed by atoms with Crippen LogP contribution >= 0.6 is 15.9 Å². The molecule has 74 valence electrons. The lowest BCUT2D eigenvalue weighted by molar-refractivity contribution is 0.178. The Labute approximate surface area is 89.0 Å². The van der Waals surface area contributed by atoms with Crippen LogP contribution in [0.5, 0.6) is 0 Å². The van der Waals surface area contributed by atoms with Crippen molar-refractivity contribution >= 4 is 27.3 Å². The van der Waals surface area contributed by atoms with Crippen LogP contribution in [0.25, 0.3) is 5.65 Å². The minimum absolute atomic E-state index is 0.397. The molecular formula is C8H9BrN4O. The third-order valence-corrected chi connectivity index (χ3v) is 2.31. The smallest absolute Gasteiger partial charge is 0.177 e. The molecule has 0 amide bonds. The van der Waals surface area contributed by atoms with Crippen LogP contribution in [0.15, 0.2) is 16.7 Å². The van der Waals surface area contributed by atoms with Crippen LogP contribution < -0.4 is 5.73 Å². The molecule has 6 heteroatoms. The molecule has 14 heavy (non-hydrogen) atoms. The lowest BCUT2D eigenvalue weighted by Crippen LogP contribution is -1.94. The van der Waals surface area contributed by atoms with Crippen molar-refractivity contribution in [1.82, 2.24) is 14.6 Å². The van der Waals surface area contributed by atoms with Crippen molar-refractivity contribution in [1.29, 1.82) is 0 Å². The Morgan fingerprint density at radius 3 is 3.14 bits per heavy atom. The van der Waals surface area contributed by atoms with E-state index in [1.54, 1.807) is 23.9 Å². The second-order valence-corrected chi connectivity index (χ2v) is 3.70. The highest BCUT2D eigenvalue weighted by Crippen LogP contribution is 2.19. The van der Waals surface area contributed by atoms with Crippen LogP contribution in [-0.4, -0.2) is 21.7 Å². The first-order valence-electron chi connectivity index (χ1n) is 4.00. The number of nitrogens with zero attached hydrogens (tertiary/aromatic N) is 3. The maximum absolute atomic E-state index is 5.66. The normalized spacial score (nSPS) is 11.0. The Bertz CT molecular complexity index is 468. The van der Waals surface area contributed by atoms with E-state index in [4.69, 9.17) is 10.5 Å². The van der Waals surface area contributed by atoms with Gasteiger partial charge in [0.2, 0.25) is 0 Å². The number of ether oxygens (including phenoxy) is 1. The van der Waals surface area contributed by atoms with Crippen molar-refractivity contribution in [2.45, 2.75) is 6.61 Å². The molecule has 0 radical (unpaired) electrons. The van der Waals surface area contributed by atoms with Gasteiger partial charge in [-0.2, -0.15) is 0 Å². The number of nitrogen functional groups attached to an aromatic ring is 1. The number of rotatable bonds is 2. The Morgan fingerprint density at radius 1 is 1.64 bits per heavy atom. The van der Waals surface area contributed by atoms with Crippen LogP contribution in [0.1, 0.15) is 5.82 Å². The lowest BCUT2D eigenvalue weighted by atomic mass is 10.4. The summed E-state index contributed by atoms with van der Waals surface area (Å²) in [7, 11) is 1.61. The molecule has 5 nitrogen and oxygen atoms in total. The summed E-state index contributed by atoms with van der Waals surface area (Å²) < 4.78 is 7.40. The number of methoxy groups -OCH3 is 1. The molecule has 0 aromatic carbocycles. The standard InChI is InChI=1S/C8H9BrN4O/c1-14-4-7-11-8-6(9)2-5(10)3-13(8)12-7/h2-3H,4,10H2,1H3. The second kappa shape index (κ2) is 3.55. The minimum atomic E-state index is 0.397. The largest absolute Gasteiger partial charge is 0.397 e. The van der Waals surface area contributed by atoms with E-state index in [9.17, 15) is 0 Å². The zero-order valence-corrected chi connectivity index (χ0v) is 9.15. The molecule has 0 aliphatic heterocycles. The number of hydrogen-bond donors (Lipinski definition) is 1. The third kappa shape index (κ3) is 1.58. The lowest BCUT2D eigenvalue weighted by Gasteiger charge is -1.96. The van der Waals surface area contributed by atoms with Gasteiger partial charge in [0.05, 0.1) is 16.4 Å². The monoisotopic (exact) mass is 256 g/mol. The van der Waals surface area contributed by atoms with E-state index in [1.165, 1.54) is 0 Å². The highest BCUT2D eigenvalue weighted by atomic mass is 79.9. The summed E-state index contributed by atoms with van der Waals surface area (Å²) in [5.41, 5.74) is 7.04. The molecule has 2 rings (SSSR count). The van der Waals surface area contributed by atoms with Gasteiger partial charge in [-0.3, -0.25) is 0 Å². The van der Waals surface area contributed by atoms with Crippen LogP contribution in [0.4, 0.5) is 5.69 Å². The molecule has 2 aromatic heterocycles. The van der Waals surface area contributed by atoms with Crippen molar-refractivity contribution in [2.24, 2.45) is 0 Å². The first kappa shape index (κ1) is 9.42. The average molecular weight is 257 g/mol. The summed E-state index contributed by atoms with van der Waals surface area (Å²) >= 11 is 3.37. The Kier molecular flexibility index (Phi) is 2.39. The molecule has 0 saturated heterocycles. The number of hydrogen-bond acceptors (Lipinski definition) is 4. The quantitative estimate of drug-likeness (QED) is 0.878. The van der Waals surface area contributed by atoms with Gasteiger partial charge < -0.3 is 10.5 Å². The first-order chi connectivity index (χ1) is 6.70. The molecule has 0 saturated carbocycles. The van der Waals surface area contributed by atoms with Crippen molar-refractivity contribution in [3.63, 3.8) is 0 Å². The number of fused-ring (bicyclic) bond motifs is 1. The highest BCUT2D eigenvalue weighted by Gasteiger charge is 2.06. The summed E-state index contributed by atoms with van der Waals surface area (Å²) in [6, 6.07) is 1.79. The van der Waals surface area contributed by atoms with Gasteiger partial charge in [-0.25, -0.2) is 9.50 Å². The maximum Gasteiger partial charge on any atom is 0.177 e. The Morgan fingerprint density at radius 2 is 2.43 bits per heavy atom. The molecular weight excluding hydrogens is 248 g/mol. The summed E-state index contributed by atoms with van der Waals surface area (Å²) in [6.45, 7) is 0.397. The predicted octanol–water partition coefficient (Wildman–Crippen LogP) is 1.22. The van der Waals surface area contributed by atoms with Crippen molar-refractivity contribution in [3.05, 3.63) is 22.6 Å². The number of nitrogens with two attached hydrogens (primary N) is 1. The highest BCUT2D eigenvalue weighted by molar-refractivity contribution is 9.10. The number of aromatic nitrogens is 3. The van der Waals surface area contributed by atoms with Gasteiger partial charge in [0.15, 0.2) is 11.5 Å². The second-order valence-electron chi connectivity index (χ2n) is 2.85. The van der Waals surface area contributed by atoms with E-state index in [-0.39, 0.29) is 0 Å². The topological polar surface area (TPSA) is 65.4 Å². The van der Waals surface area contributed by atoms with Crippen LogP contribution in [-0.2, 0) is 11.3 Å². The first-order valence-corrected chi connectivity index (χ1v) is 4.79. The fourth-order valence-corrected chi connectivity index (χ4v) is 1.73. The molecule has 0 unspecified atom stereocenters. The van der Waals surface area contributed by atoms with Gasteiger partial charge in [-0.05, 0) is 22.0 Å². The van der Waals surface area contributed by atoms with Crippen molar-refractivity contribution in [3.8, 4) is 0 Å². The molecule has 0 spiro atoms. The van der Waals surface area contributed by atoms with Crippen molar-refractivity contribution < 1.29 is 4.74 Å². The number of pyridine rings is 1. The van der Waals surface area contributed by atoms with E-state index < -0.39 is 0 Å². The molecule has 0 aliphatic rings. The number of anilines is 1. The predicted molar refractivity (Wildman–Crippen MR) is 55.8 cm³/mol. The fourth-order valence-electron chi connectivity index (χ4n) is 1.20. The maximum atomic E-state index is 5.66. The Balaban J connectivity index is 2.58. The van der Waals surface area contributed by atoms with Gasteiger partial charge in [-0.1, -0.05) is 0 Å². The zero-order chi connectivity index (χ0) is 10.1. The average Bonchev–Trinajstić information content (AvgIpc) is 2.48. The summed E-state index contributed by atoms with van der Waals surface area (Å²) in [4.78, 5) is 4.27. The van der Waals surface area contributed by atoms with E-state index in [1.807, 2.05) is 0 Å².